The molecule has 21 heavy (non-hydrogen) atoms. The normalized spacial score (nSPS) is 10.4. The number of fused-ring (bicyclic) bond motifs is 1. The third-order valence-electron chi connectivity index (χ3n) is 2.99. The Morgan fingerprint density at radius 1 is 0.905 bits per heavy atom. The summed E-state index contributed by atoms with van der Waals surface area (Å²) in [6.45, 7) is 3.89. The summed E-state index contributed by atoms with van der Waals surface area (Å²) < 4.78 is 10.00. The molecular formula is C16H17NO4. The van der Waals surface area contributed by atoms with Crippen LogP contribution in [0.3, 0.4) is 0 Å². The van der Waals surface area contributed by atoms with Gasteiger partial charge in [0, 0.05) is 5.69 Å². The third kappa shape index (κ3) is 3.13. The molecule has 0 fully saturated rings. The van der Waals surface area contributed by atoms with E-state index >= 15 is 0 Å². The summed E-state index contributed by atoms with van der Waals surface area (Å²) in [6.07, 6.45) is 0. The van der Waals surface area contributed by atoms with Gasteiger partial charge in [0.15, 0.2) is 0 Å². The molecule has 0 amide bonds. The fraction of sp³-hybridized carbons (Fsp3) is 0.250. The molecule has 0 saturated carbocycles. The molecule has 0 atom stereocenters. The van der Waals surface area contributed by atoms with Gasteiger partial charge in [0.1, 0.15) is 0 Å². The van der Waals surface area contributed by atoms with Gasteiger partial charge >= 0.3 is 11.9 Å². The number of carbonyl (C=O) groups excluding carboxylic acids is 2. The highest BCUT2D eigenvalue weighted by molar-refractivity contribution is 6.07. The Balaban J connectivity index is 2.62. The molecule has 0 aliphatic rings. The Labute approximate surface area is 122 Å². The maximum Gasteiger partial charge on any atom is 0.339 e. The first-order chi connectivity index (χ1) is 10.1. The SMILES string of the molecule is CCOC(=O)c1cc2ccc(N)cc2cc1C(=O)OCC. The number of ether oxygens (including phenoxy) is 2. The Kier molecular flexibility index (Phi) is 4.42. The molecule has 0 aliphatic heterocycles. The summed E-state index contributed by atoms with van der Waals surface area (Å²) in [7, 11) is 0. The van der Waals surface area contributed by atoms with Crippen molar-refractivity contribution in [3.63, 3.8) is 0 Å². The lowest BCUT2D eigenvalue weighted by Crippen LogP contribution is -2.14. The van der Waals surface area contributed by atoms with Crippen molar-refractivity contribution in [1.82, 2.24) is 0 Å². The Morgan fingerprint density at radius 2 is 1.43 bits per heavy atom. The van der Waals surface area contributed by atoms with Gasteiger partial charge in [-0.3, -0.25) is 0 Å². The summed E-state index contributed by atoms with van der Waals surface area (Å²) in [4.78, 5) is 24.1. The average Bonchev–Trinajstić information content (AvgIpc) is 2.46. The zero-order chi connectivity index (χ0) is 15.4. The van der Waals surface area contributed by atoms with Crippen molar-refractivity contribution in [2.45, 2.75) is 13.8 Å². The number of hydrogen-bond donors (Lipinski definition) is 1. The zero-order valence-corrected chi connectivity index (χ0v) is 12.0. The maximum atomic E-state index is 12.0. The van der Waals surface area contributed by atoms with E-state index in [0.717, 1.165) is 10.8 Å². The van der Waals surface area contributed by atoms with Crippen LogP contribution in [0.25, 0.3) is 10.8 Å². The average molecular weight is 287 g/mol. The van der Waals surface area contributed by atoms with Gasteiger partial charge in [0.2, 0.25) is 0 Å². The van der Waals surface area contributed by atoms with E-state index in [0.29, 0.717) is 5.69 Å². The van der Waals surface area contributed by atoms with Crippen molar-refractivity contribution >= 4 is 28.4 Å². The molecule has 0 aliphatic carbocycles. The third-order valence-corrected chi connectivity index (χ3v) is 2.99. The van der Waals surface area contributed by atoms with Crippen LogP contribution in [0.15, 0.2) is 30.3 Å². The molecule has 0 radical (unpaired) electrons. The van der Waals surface area contributed by atoms with E-state index in [4.69, 9.17) is 15.2 Å². The molecular weight excluding hydrogens is 270 g/mol. The largest absolute Gasteiger partial charge is 0.462 e. The van der Waals surface area contributed by atoms with Crippen molar-refractivity contribution in [2.24, 2.45) is 0 Å². The molecule has 0 heterocycles. The molecule has 2 aromatic carbocycles. The number of nitrogens with two attached hydrogens (primary N) is 1. The molecule has 2 N–H and O–H groups in total. The predicted molar refractivity (Wildman–Crippen MR) is 80.3 cm³/mol. The molecule has 5 heteroatoms. The molecule has 2 rings (SSSR count). The number of esters is 2. The Morgan fingerprint density at radius 3 is 1.95 bits per heavy atom. The summed E-state index contributed by atoms with van der Waals surface area (Å²) >= 11 is 0. The lowest BCUT2D eigenvalue weighted by molar-refractivity contribution is 0.0479. The molecule has 0 spiro atoms. The molecule has 2 aromatic rings. The number of anilines is 1. The van der Waals surface area contributed by atoms with Crippen molar-refractivity contribution in [3.05, 3.63) is 41.5 Å². The van der Waals surface area contributed by atoms with Crippen molar-refractivity contribution in [2.75, 3.05) is 18.9 Å². The first-order valence-corrected chi connectivity index (χ1v) is 6.74. The van der Waals surface area contributed by atoms with Gasteiger partial charge in [-0.1, -0.05) is 6.07 Å². The molecule has 0 bridgehead atoms. The molecule has 110 valence electrons. The van der Waals surface area contributed by atoms with Crippen LogP contribution in [-0.2, 0) is 9.47 Å². The van der Waals surface area contributed by atoms with Gasteiger partial charge in [-0.2, -0.15) is 0 Å². The number of rotatable bonds is 4. The molecule has 0 aromatic heterocycles. The lowest BCUT2D eigenvalue weighted by atomic mass is 10.0. The van der Waals surface area contributed by atoms with E-state index in [-0.39, 0.29) is 24.3 Å². The lowest BCUT2D eigenvalue weighted by Gasteiger charge is -2.10. The van der Waals surface area contributed by atoms with Gasteiger partial charge in [0.25, 0.3) is 0 Å². The highest BCUT2D eigenvalue weighted by atomic mass is 16.5. The van der Waals surface area contributed by atoms with Crippen LogP contribution in [-0.4, -0.2) is 25.2 Å². The van der Waals surface area contributed by atoms with Crippen LogP contribution in [0.2, 0.25) is 0 Å². The van der Waals surface area contributed by atoms with Crippen LogP contribution >= 0.6 is 0 Å². The summed E-state index contributed by atoms with van der Waals surface area (Å²) in [5.41, 5.74) is 6.72. The fourth-order valence-corrected chi connectivity index (χ4v) is 2.07. The molecule has 0 unspecified atom stereocenters. The second kappa shape index (κ2) is 6.26. The highest BCUT2D eigenvalue weighted by Crippen LogP contribution is 2.24. The van der Waals surface area contributed by atoms with Crippen LogP contribution < -0.4 is 5.73 Å². The molecule has 0 saturated heterocycles. The smallest absolute Gasteiger partial charge is 0.339 e. The first kappa shape index (κ1) is 14.8. The van der Waals surface area contributed by atoms with Crippen LogP contribution in [0.1, 0.15) is 34.6 Å². The first-order valence-electron chi connectivity index (χ1n) is 6.74. The second-order valence-corrected chi connectivity index (χ2v) is 4.45. The quantitative estimate of drug-likeness (QED) is 0.691. The Bertz CT molecular complexity index is 694. The highest BCUT2D eigenvalue weighted by Gasteiger charge is 2.20. The van der Waals surface area contributed by atoms with Crippen molar-refractivity contribution in [3.8, 4) is 0 Å². The predicted octanol–water partition coefficient (Wildman–Crippen LogP) is 2.78. The van der Waals surface area contributed by atoms with Crippen LogP contribution in [0.4, 0.5) is 5.69 Å². The minimum atomic E-state index is -0.551. The minimum Gasteiger partial charge on any atom is -0.462 e. The van der Waals surface area contributed by atoms with Gasteiger partial charge in [-0.15, -0.1) is 0 Å². The summed E-state index contributed by atoms with van der Waals surface area (Å²) in [5.74, 6) is -1.09. The number of nitrogen functional groups attached to an aromatic ring is 1. The van der Waals surface area contributed by atoms with Crippen LogP contribution in [0, 0.1) is 0 Å². The second-order valence-electron chi connectivity index (χ2n) is 4.45. The molecule has 5 nitrogen and oxygen atoms in total. The van der Waals surface area contributed by atoms with E-state index in [9.17, 15) is 9.59 Å². The van der Waals surface area contributed by atoms with Gasteiger partial charge in [-0.25, -0.2) is 9.59 Å². The fourth-order valence-electron chi connectivity index (χ4n) is 2.07. The summed E-state index contributed by atoms with van der Waals surface area (Å²) in [5, 5.41) is 1.58. The maximum absolute atomic E-state index is 12.0. The Hall–Kier alpha value is -2.56. The van der Waals surface area contributed by atoms with Gasteiger partial charge in [0.05, 0.1) is 24.3 Å². The van der Waals surface area contributed by atoms with E-state index in [1.807, 2.05) is 0 Å². The van der Waals surface area contributed by atoms with E-state index < -0.39 is 11.9 Å². The van der Waals surface area contributed by atoms with E-state index in [1.165, 1.54) is 0 Å². The van der Waals surface area contributed by atoms with Crippen molar-refractivity contribution < 1.29 is 19.1 Å². The minimum absolute atomic E-state index is 0.188. The van der Waals surface area contributed by atoms with Crippen LogP contribution in [0.5, 0.6) is 0 Å². The van der Waals surface area contributed by atoms with Crippen molar-refractivity contribution in [1.29, 1.82) is 0 Å². The monoisotopic (exact) mass is 287 g/mol. The standard InChI is InChI=1S/C16H17NO4/c1-3-20-15(18)13-8-10-5-6-12(17)7-11(10)9-14(13)16(19)21-4-2/h5-9H,3-4,17H2,1-2H3. The number of benzene rings is 2. The van der Waals surface area contributed by atoms with E-state index in [2.05, 4.69) is 0 Å². The zero-order valence-electron chi connectivity index (χ0n) is 12.0. The van der Waals surface area contributed by atoms with Gasteiger partial charge < -0.3 is 15.2 Å². The topological polar surface area (TPSA) is 78.6 Å². The summed E-state index contributed by atoms with van der Waals surface area (Å²) in [6, 6.07) is 8.51. The number of hydrogen-bond acceptors (Lipinski definition) is 5. The van der Waals surface area contributed by atoms with E-state index in [1.54, 1.807) is 44.2 Å². The van der Waals surface area contributed by atoms with Gasteiger partial charge in [-0.05, 0) is 48.9 Å². The number of carbonyl (C=O) groups is 2.